The van der Waals surface area contributed by atoms with Crippen LogP contribution in [0.4, 0.5) is 0 Å². The zero-order chi connectivity index (χ0) is 19.1. The fraction of sp³-hybridized carbons (Fsp3) is 0.905. The van der Waals surface area contributed by atoms with Crippen LogP contribution in [0.15, 0.2) is 11.6 Å². The molecule has 0 aliphatic carbocycles. The summed E-state index contributed by atoms with van der Waals surface area (Å²) < 4.78 is 5.32. The van der Waals surface area contributed by atoms with Gasteiger partial charge in [0, 0.05) is 6.61 Å². The first kappa shape index (κ1) is 24.6. The number of rotatable bonds is 16. The minimum Gasteiger partial charge on any atom is -0.394 e. The Hall–Kier alpha value is -0.420. The van der Waals surface area contributed by atoms with E-state index in [0.717, 1.165) is 24.7 Å². The molecule has 4 heteroatoms. The molecule has 0 heterocycles. The molecule has 0 radical (unpaired) electrons. The fourth-order valence-electron chi connectivity index (χ4n) is 2.82. The molecule has 0 fully saturated rings. The maximum atomic E-state index is 9.44. The number of hydrogen-bond donors (Lipinski definition) is 3. The standard InChI is InChI=1S/C21H42O4/c1-17(2)9-7-11-19(4)13-8-12-18(3)10-5-6-14-25-16-21(24)20(23)15-22/h10,17,19-24H,5-9,11-16H2,1-4H3/b18-10+. The van der Waals surface area contributed by atoms with Crippen LogP contribution in [0.3, 0.4) is 0 Å². The molecule has 25 heavy (non-hydrogen) atoms. The van der Waals surface area contributed by atoms with Crippen LogP contribution in [-0.4, -0.2) is 47.3 Å². The first-order valence-electron chi connectivity index (χ1n) is 10.1. The lowest BCUT2D eigenvalue weighted by Crippen LogP contribution is -2.33. The van der Waals surface area contributed by atoms with E-state index in [1.54, 1.807) is 0 Å². The Morgan fingerprint density at radius 1 is 0.960 bits per heavy atom. The fourth-order valence-corrected chi connectivity index (χ4v) is 2.82. The molecule has 0 rings (SSSR count). The van der Waals surface area contributed by atoms with Crippen LogP contribution in [0.2, 0.25) is 0 Å². The van der Waals surface area contributed by atoms with Gasteiger partial charge in [-0.25, -0.2) is 0 Å². The topological polar surface area (TPSA) is 69.9 Å². The van der Waals surface area contributed by atoms with Crippen LogP contribution in [0, 0.1) is 11.8 Å². The largest absolute Gasteiger partial charge is 0.394 e. The minimum absolute atomic E-state index is 0.0686. The molecule has 0 saturated carbocycles. The molecule has 0 saturated heterocycles. The molecule has 3 unspecified atom stereocenters. The summed E-state index contributed by atoms with van der Waals surface area (Å²) in [5.41, 5.74) is 1.45. The number of allylic oxidation sites excluding steroid dienone is 2. The van der Waals surface area contributed by atoms with Gasteiger partial charge < -0.3 is 20.1 Å². The quantitative estimate of drug-likeness (QED) is 0.287. The summed E-state index contributed by atoms with van der Waals surface area (Å²) >= 11 is 0. The second-order valence-corrected chi connectivity index (χ2v) is 7.91. The molecule has 0 aliphatic heterocycles. The Kier molecular flexibility index (Phi) is 15.5. The third-order valence-corrected chi connectivity index (χ3v) is 4.65. The SMILES string of the molecule is C/C(=C\CCCOCC(O)C(O)CO)CCCC(C)CCCC(C)C. The van der Waals surface area contributed by atoms with Crippen LogP contribution in [-0.2, 0) is 4.74 Å². The molecular formula is C21H42O4. The predicted octanol–water partition coefficient (Wildman–Crippen LogP) is 4.08. The maximum absolute atomic E-state index is 9.44. The number of aliphatic hydroxyl groups excluding tert-OH is 3. The third kappa shape index (κ3) is 15.5. The molecule has 0 amide bonds. The van der Waals surface area contributed by atoms with Crippen molar-refractivity contribution in [2.45, 2.75) is 91.3 Å². The van der Waals surface area contributed by atoms with Crippen molar-refractivity contribution in [3.63, 3.8) is 0 Å². The van der Waals surface area contributed by atoms with Crippen molar-refractivity contribution in [1.29, 1.82) is 0 Å². The van der Waals surface area contributed by atoms with Crippen molar-refractivity contribution >= 4 is 0 Å². The van der Waals surface area contributed by atoms with Gasteiger partial charge in [-0.05, 0) is 44.4 Å². The molecule has 0 spiro atoms. The summed E-state index contributed by atoms with van der Waals surface area (Å²) in [5, 5.41) is 27.3. The Morgan fingerprint density at radius 2 is 1.64 bits per heavy atom. The van der Waals surface area contributed by atoms with E-state index in [1.807, 2.05) is 0 Å². The Bertz CT molecular complexity index is 328. The second kappa shape index (κ2) is 15.8. The molecule has 0 aromatic rings. The zero-order valence-corrected chi connectivity index (χ0v) is 16.9. The molecule has 3 atom stereocenters. The number of aliphatic hydroxyl groups is 3. The zero-order valence-electron chi connectivity index (χ0n) is 16.9. The molecule has 150 valence electrons. The van der Waals surface area contributed by atoms with E-state index >= 15 is 0 Å². The van der Waals surface area contributed by atoms with Crippen LogP contribution >= 0.6 is 0 Å². The first-order chi connectivity index (χ1) is 11.9. The average Bonchev–Trinajstić information content (AvgIpc) is 2.56. The van der Waals surface area contributed by atoms with Gasteiger partial charge in [0.05, 0.1) is 13.2 Å². The van der Waals surface area contributed by atoms with Crippen molar-refractivity contribution in [2.75, 3.05) is 19.8 Å². The average molecular weight is 359 g/mol. The summed E-state index contributed by atoms with van der Waals surface area (Å²) in [6.45, 7) is 9.35. The van der Waals surface area contributed by atoms with Crippen LogP contribution in [0.25, 0.3) is 0 Å². The van der Waals surface area contributed by atoms with Gasteiger partial charge in [0.1, 0.15) is 12.2 Å². The first-order valence-corrected chi connectivity index (χ1v) is 10.1. The summed E-state index contributed by atoms with van der Waals surface area (Å²) in [5.74, 6) is 1.66. The molecule has 0 aromatic carbocycles. The van der Waals surface area contributed by atoms with Crippen LogP contribution in [0.5, 0.6) is 0 Å². The Morgan fingerprint density at radius 3 is 2.28 bits per heavy atom. The van der Waals surface area contributed by atoms with E-state index in [-0.39, 0.29) is 6.61 Å². The summed E-state index contributed by atoms with van der Waals surface area (Å²) in [7, 11) is 0. The predicted molar refractivity (Wildman–Crippen MR) is 105 cm³/mol. The Balaban J connectivity index is 3.59. The summed E-state index contributed by atoms with van der Waals surface area (Å²) in [6.07, 6.45) is 9.88. The van der Waals surface area contributed by atoms with E-state index in [9.17, 15) is 10.2 Å². The molecule has 0 aliphatic rings. The van der Waals surface area contributed by atoms with Crippen molar-refractivity contribution in [3.05, 3.63) is 11.6 Å². The minimum atomic E-state index is -1.12. The maximum Gasteiger partial charge on any atom is 0.105 e. The van der Waals surface area contributed by atoms with Crippen LogP contribution in [0.1, 0.15) is 79.1 Å². The molecular weight excluding hydrogens is 316 g/mol. The van der Waals surface area contributed by atoms with Gasteiger partial charge in [0.15, 0.2) is 0 Å². The highest BCUT2D eigenvalue weighted by Gasteiger charge is 2.14. The van der Waals surface area contributed by atoms with Gasteiger partial charge in [-0.1, -0.05) is 58.1 Å². The van der Waals surface area contributed by atoms with Crippen molar-refractivity contribution in [1.82, 2.24) is 0 Å². The van der Waals surface area contributed by atoms with Gasteiger partial charge in [0.25, 0.3) is 0 Å². The van der Waals surface area contributed by atoms with Crippen LogP contribution < -0.4 is 0 Å². The lowest BCUT2D eigenvalue weighted by molar-refractivity contribution is -0.0568. The van der Waals surface area contributed by atoms with E-state index in [0.29, 0.717) is 6.61 Å². The lowest BCUT2D eigenvalue weighted by Gasteiger charge is -2.15. The normalized spacial score (nSPS) is 16.2. The van der Waals surface area contributed by atoms with Crippen molar-refractivity contribution in [3.8, 4) is 0 Å². The highest BCUT2D eigenvalue weighted by atomic mass is 16.5. The molecule has 3 N–H and O–H groups in total. The van der Waals surface area contributed by atoms with Gasteiger partial charge >= 0.3 is 0 Å². The van der Waals surface area contributed by atoms with Crippen molar-refractivity contribution < 1.29 is 20.1 Å². The second-order valence-electron chi connectivity index (χ2n) is 7.91. The summed E-state index contributed by atoms with van der Waals surface area (Å²) in [6, 6.07) is 0. The van der Waals surface area contributed by atoms with E-state index in [1.165, 1.54) is 44.1 Å². The van der Waals surface area contributed by atoms with E-state index < -0.39 is 18.8 Å². The molecule has 0 aromatic heterocycles. The smallest absolute Gasteiger partial charge is 0.105 e. The number of ether oxygens (including phenoxy) is 1. The van der Waals surface area contributed by atoms with E-state index in [4.69, 9.17) is 9.84 Å². The van der Waals surface area contributed by atoms with E-state index in [2.05, 4.69) is 33.8 Å². The highest BCUT2D eigenvalue weighted by molar-refractivity contribution is 4.97. The molecule has 0 bridgehead atoms. The molecule has 4 nitrogen and oxygen atoms in total. The van der Waals surface area contributed by atoms with Crippen molar-refractivity contribution in [2.24, 2.45) is 11.8 Å². The highest BCUT2D eigenvalue weighted by Crippen LogP contribution is 2.19. The third-order valence-electron chi connectivity index (χ3n) is 4.65. The van der Waals surface area contributed by atoms with Gasteiger partial charge in [0.2, 0.25) is 0 Å². The Labute approximate surface area is 155 Å². The number of hydrogen-bond acceptors (Lipinski definition) is 4. The number of unbranched alkanes of at least 4 members (excludes halogenated alkanes) is 1. The van der Waals surface area contributed by atoms with Gasteiger partial charge in [-0.15, -0.1) is 0 Å². The monoisotopic (exact) mass is 358 g/mol. The van der Waals surface area contributed by atoms with Gasteiger partial charge in [-0.2, -0.15) is 0 Å². The van der Waals surface area contributed by atoms with Gasteiger partial charge in [-0.3, -0.25) is 0 Å². The summed E-state index contributed by atoms with van der Waals surface area (Å²) in [4.78, 5) is 0. The lowest BCUT2D eigenvalue weighted by atomic mass is 9.94.